The maximum absolute atomic E-state index is 13.7. The average molecular weight is 299 g/mol. The van der Waals surface area contributed by atoms with Crippen molar-refractivity contribution in [1.82, 2.24) is 4.98 Å². The molecule has 0 fully saturated rings. The number of aromatic nitrogens is 1. The number of aryl methyl sites for hydroxylation is 1. The van der Waals surface area contributed by atoms with E-state index in [9.17, 15) is 9.18 Å². The third-order valence-corrected chi connectivity index (χ3v) is 3.00. The van der Waals surface area contributed by atoms with Gasteiger partial charge in [0, 0.05) is 0 Å². The Labute approximate surface area is 119 Å². The Bertz CT molecular complexity index is 647. The van der Waals surface area contributed by atoms with Crippen molar-refractivity contribution in [2.24, 2.45) is 0 Å². The number of hydrogen-bond acceptors (Lipinski definition) is 2. The zero-order chi connectivity index (χ0) is 14.0. The quantitative estimate of drug-likeness (QED) is 0.849. The van der Waals surface area contributed by atoms with E-state index in [0.29, 0.717) is 16.5 Å². The number of carbonyl (C=O) groups excluding carboxylic acids is 1. The van der Waals surface area contributed by atoms with E-state index in [2.05, 4.69) is 10.3 Å². The highest BCUT2D eigenvalue weighted by atomic mass is 35.5. The second kappa shape index (κ2) is 5.55. The average Bonchev–Trinajstić information content (AvgIpc) is 2.36. The molecule has 19 heavy (non-hydrogen) atoms. The van der Waals surface area contributed by atoms with E-state index in [4.69, 9.17) is 23.2 Å². The van der Waals surface area contributed by atoms with E-state index in [1.807, 2.05) is 0 Å². The molecule has 1 aromatic heterocycles. The van der Waals surface area contributed by atoms with Crippen LogP contribution in [0.25, 0.3) is 0 Å². The van der Waals surface area contributed by atoms with Crippen LogP contribution < -0.4 is 5.32 Å². The number of amides is 1. The minimum absolute atomic E-state index is 0.0985. The Morgan fingerprint density at radius 3 is 2.68 bits per heavy atom. The molecular weight excluding hydrogens is 290 g/mol. The maximum atomic E-state index is 13.7. The number of rotatable bonds is 2. The minimum atomic E-state index is -0.749. The van der Waals surface area contributed by atoms with Gasteiger partial charge >= 0.3 is 0 Å². The molecule has 0 bridgehead atoms. The van der Waals surface area contributed by atoms with Crippen LogP contribution in [0.3, 0.4) is 0 Å². The van der Waals surface area contributed by atoms with E-state index < -0.39 is 11.7 Å². The molecule has 1 aromatic carbocycles. The lowest BCUT2D eigenvalue weighted by atomic mass is 10.2. The van der Waals surface area contributed by atoms with Gasteiger partial charge in [0.25, 0.3) is 5.91 Å². The molecule has 6 heteroatoms. The number of anilines is 1. The van der Waals surface area contributed by atoms with Crippen LogP contribution in [0, 0.1) is 12.7 Å². The van der Waals surface area contributed by atoms with Gasteiger partial charge in [0.15, 0.2) is 5.82 Å². The van der Waals surface area contributed by atoms with E-state index in [-0.39, 0.29) is 10.6 Å². The lowest BCUT2D eigenvalue weighted by molar-refractivity contribution is 0.102. The van der Waals surface area contributed by atoms with Crippen LogP contribution in [0.1, 0.15) is 16.1 Å². The molecule has 0 atom stereocenters. The largest absolute Gasteiger partial charge is 0.320 e. The molecule has 1 heterocycles. The molecule has 0 radical (unpaired) electrons. The van der Waals surface area contributed by atoms with Gasteiger partial charge in [-0.2, -0.15) is 0 Å². The van der Waals surface area contributed by atoms with Crippen LogP contribution in [-0.4, -0.2) is 10.9 Å². The highest BCUT2D eigenvalue weighted by Gasteiger charge is 2.15. The fourth-order valence-electron chi connectivity index (χ4n) is 1.53. The van der Waals surface area contributed by atoms with Gasteiger partial charge in [-0.3, -0.25) is 4.79 Å². The van der Waals surface area contributed by atoms with Gasteiger partial charge in [0.1, 0.15) is 5.15 Å². The molecule has 0 aliphatic carbocycles. The first kappa shape index (κ1) is 13.8. The van der Waals surface area contributed by atoms with Gasteiger partial charge in [-0.25, -0.2) is 9.37 Å². The highest BCUT2D eigenvalue weighted by molar-refractivity contribution is 6.31. The second-order valence-corrected chi connectivity index (χ2v) is 4.62. The Morgan fingerprint density at radius 2 is 2.00 bits per heavy atom. The summed E-state index contributed by atoms with van der Waals surface area (Å²) >= 11 is 11.3. The topological polar surface area (TPSA) is 42.0 Å². The Balaban J connectivity index is 2.28. The summed E-state index contributed by atoms with van der Waals surface area (Å²) in [5.74, 6) is -1.34. The number of halogens is 3. The van der Waals surface area contributed by atoms with Crippen molar-refractivity contribution in [2.45, 2.75) is 6.92 Å². The van der Waals surface area contributed by atoms with Crippen molar-refractivity contribution < 1.29 is 9.18 Å². The molecule has 0 unspecified atom stereocenters. The molecule has 0 spiro atoms. The zero-order valence-electron chi connectivity index (χ0n) is 9.88. The van der Waals surface area contributed by atoms with Gasteiger partial charge in [0.05, 0.1) is 22.0 Å². The normalized spacial score (nSPS) is 10.3. The first-order valence-electron chi connectivity index (χ1n) is 5.37. The molecule has 1 N–H and O–H groups in total. The van der Waals surface area contributed by atoms with Crippen LogP contribution in [0.2, 0.25) is 10.2 Å². The summed E-state index contributed by atoms with van der Waals surface area (Å²) in [6.45, 7) is 1.69. The summed E-state index contributed by atoms with van der Waals surface area (Å²) < 4.78 is 13.7. The van der Waals surface area contributed by atoms with E-state index in [1.165, 1.54) is 18.2 Å². The third kappa shape index (κ3) is 3.03. The number of hydrogen-bond donors (Lipinski definition) is 1. The fraction of sp³-hybridized carbons (Fsp3) is 0.0769. The summed E-state index contributed by atoms with van der Waals surface area (Å²) in [5, 5.41) is 2.79. The summed E-state index contributed by atoms with van der Waals surface area (Å²) in [6.07, 6.45) is 0. The molecule has 98 valence electrons. The van der Waals surface area contributed by atoms with Crippen LogP contribution in [0.5, 0.6) is 0 Å². The standard InChI is InChI=1S/C13H9Cl2FN2O/c1-7-10(5-6-11(15)17-7)18-13(19)8-3-2-4-9(14)12(8)16/h2-6H,1H3,(H,18,19). The first-order valence-corrected chi connectivity index (χ1v) is 6.13. The Morgan fingerprint density at radius 1 is 1.26 bits per heavy atom. The number of benzene rings is 1. The molecule has 0 aliphatic rings. The predicted molar refractivity (Wildman–Crippen MR) is 73.3 cm³/mol. The molecule has 3 nitrogen and oxygen atoms in total. The van der Waals surface area contributed by atoms with E-state index in [0.717, 1.165) is 0 Å². The van der Waals surface area contributed by atoms with Crippen molar-refractivity contribution in [3.63, 3.8) is 0 Å². The van der Waals surface area contributed by atoms with Crippen molar-refractivity contribution in [2.75, 3.05) is 5.32 Å². The first-order chi connectivity index (χ1) is 8.99. The Hall–Kier alpha value is -1.65. The monoisotopic (exact) mass is 298 g/mol. The predicted octanol–water partition coefficient (Wildman–Crippen LogP) is 4.09. The lowest BCUT2D eigenvalue weighted by Gasteiger charge is -2.09. The minimum Gasteiger partial charge on any atom is -0.320 e. The number of nitrogens with zero attached hydrogens (tertiary/aromatic N) is 1. The summed E-state index contributed by atoms with van der Waals surface area (Å²) in [7, 11) is 0. The Kier molecular flexibility index (Phi) is 4.02. The number of pyridine rings is 1. The smallest absolute Gasteiger partial charge is 0.258 e. The van der Waals surface area contributed by atoms with Crippen LogP contribution in [-0.2, 0) is 0 Å². The van der Waals surface area contributed by atoms with Gasteiger partial charge in [-0.1, -0.05) is 29.3 Å². The van der Waals surface area contributed by atoms with Gasteiger partial charge in [0.2, 0.25) is 0 Å². The molecule has 1 amide bonds. The van der Waals surface area contributed by atoms with Gasteiger partial charge < -0.3 is 5.32 Å². The summed E-state index contributed by atoms with van der Waals surface area (Å²) in [5.41, 5.74) is 0.888. The number of nitrogens with one attached hydrogen (secondary N) is 1. The lowest BCUT2D eigenvalue weighted by Crippen LogP contribution is -2.15. The zero-order valence-corrected chi connectivity index (χ0v) is 11.4. The van der Waals surface area contributed by atoms with E-state index in [1.54, 1.807) is 19.1 Å². The highest BCUT2D eigenvalue weighted by Crippen LogP contribution is 2.20. The molecule has 0 saturated heterocycles. The van der Waals surface area contributed by atoms with Crippen molar-refractivity contribution in [3.8, 4) is 0 Å². The van der Waals surface area contributed by atoms with Gasteiger partial charge in [-0.05, 0) is 31.2 Å². The molecule has 0 aliphatic heterocycles. The van der Waals surface area contributed by atoms with Crippen LogP contribution >= 0.6 is 23.2 Å². The SMILES string of the molecule is Cc1nc(Cl)ccc1NC(=O)c1cccc(Cl)c1F. The summed E-state index contributed by atoms with van der Waals surface area (Å²) in [6, 6.07) is 7.38. The van der Waals surface area contributed by atoms with Crippen LogP contribution in [0.4, 0.5) is 10.1 Å². The molecule has 2 aromatic rings. The molecule has 0 saturated carbocycles. The maximum Gasteiger partial charge on any atom is 0.258 e. The van der Waals surface area contributed by atoms with Crippen molar-refractivity contribution in [3.05, 3.63) is 57.6 Å². The summed E-state index contributed by atoms with van der Waals surface area (Å²) in [4.78, 5) is 15.9. The molecule has 2 rings (SSSR count). The second-order valence-electron chi connectivity index (χ2n) is 3.82. The van der Waals surface area contributed by atoms with Gasteiger partial charge in [-0.15, -0.1) is 0 Å². The van der Waals surface area contributed by atoms with Crippen LogP contribution in [0.15, 0.2) is 30.3 Å². The number of carbonyl (C=O) groups is 1. The molecular formula is C13H9Cl2FN2O. The fourth-order valence-corrected chi connectivity index (χ4v) is 1.90. The van der Waals surface area contributed by atoms with Crippen molar-refractivity contribution >= 4 is 34.8 Å². The van der Waals surface area contributed by atoms with Crippen molar-refractivity contribution in [1.29, 1.82) is 0 Å². The van der Waals surface area contributed by atoms with E-state index >= 15 is 0 Å². The third-order valence-electron chi connectivity index (χ3n) is 2.50.